The number of aryl methyl sites for hydroxylation is 1. The van der Waals surface area contributed by atoms with Gasteiger partial charge in [0.1, 0.15) is 5.75 Å². The first kappa shape index (κ1) is 26.2. The molecule has 1 saturated heterocycles. The van der Waals surface area contributed by atoms with Crippen LogP contribution in [0.5, 0.6) is 5.75 Å². The second-order valence-corrected chi connectivity index (χ2v) is 11.8. The topological polar surface area (TPSA) is 62.7 Å². The van der Waals surface area contributed by atoms with Crippen LogP contribution < -0.4 is 4.74 Å². The molecule has 1 fully saturated rings. The molecule has 0 radical (unpaired) electrons. The zero-order valence-corrected chi connectivity index (χ0v) is 22.1. The summed E-state index contributed by atoms with van der Waals surface area (Å²) in [5, 5.41) is 11.0. The summed E-state index contributed by atoms with van der Waals surface area (Å²) in [6.45, 7) is 2.65. The largest absolute Gasteiger partial charge is 0.497 e. The number of likely N-dealkylation sites (tertiary alicyclic amines) is 1. The highest BCUT2D eigenvalue weighted by atomic mass is 35.5. The lowest BCUT2D eigenvalue weighted by Gasteiger charge is -2.38. The predicted octanol–water partition coefficient (Wildman–Crippen LogP) is 6.63. The Balaban J connectivity index is 1.33. The van der Waals surface area contributed by atoms with Crippen LogP contribution >= 0.6 is 34.7 Å². The van der Waals surface area contributed by atoms with E-state index in [2.05, 4.69) is 9.88 Å². The lowest BCUT2D eigenvalue weighted by atomic mass is 9.80. The van der Waals surface area contributed by atoms with E-state index in [1.807, 2.05) is 24.3 Å². The number of fused-ring (bicyclic) bond motifs is 1. The number of thioether (sulfide) groups is 1. The number of hydrogen-bond donors (Lipinski definition) is 1. The fourth-order valence-corrected chi connectivity index (χ4v) is 7.12. The van der Waals surface area contributed by atoms with Crippen LogP contribution in [0.25, 0.3) is 10.9 Å². The Kier molecular flexibility index (Phi) is 9.27. The van der Waals surface area contributed by atoms with Gasteiger partial charge in [-0.3, -0.25) is 9.78 Å². The maximum absolute atomic E-state index is 13.2. The second kappa shape index (κ2) is 12.4. The zero-order valence-electron chi connectivity index (χ0n) is 19.7. The van der Waals surface area contributed by atoms with Crippen molar-refractivity contribution in [3.8, 4) is 5.75 Å². The number of thiophene rings is 1. The number of carboxylic acids is 1. The maximum atomic E-state index is 13.2. The van der Waals surface area contributed by atoms with E-state index in [0.29, 0.717) is 10.9 Å². The molecule has 1 N–H and O–H groups in total. The summed E-state index contributed by atoms with van der Waals surface area (Å²) in [4.78, 5) is 18.4. The van der Waals surface area contributed by atoms with Crippen molar-refractivity contribution in [1.82, 2.24) is 9.88 Å². The van der Waals surface area contributed by atoms with Crippen LogP contribution in [0.1, 0.15) is 31.2 Å². The third-order valence-electron chi connectivity index (χ3n) is 6.75. The van der Waals surface area contributed by atoms with Gasteiger partial charge in [0, 0.05) is 36.8 Å². The minimum atomic E-state index is -0.736. The molecule has 0 spiro atoms. The van der Waals surface area contributed by atoms with Crippen molar-refractivity contribution in [1.29, 1.82) is 0 Å². The molecule has 0 bridgehead atoms. The molecule has 1 aliphatic rings. The number of hydrogen-bond acceptors (Lipinski definition) is 6. The number of carboxylic acid groups (broad SMARTS) is 1. The molecule has 9 heteroatoms. The molecule has 0 saturated carbocycles. The number of aliphatic carboxylic acids is 1. The van der Waals surface area contributed by atoms with E-state index >= 15 is 0 Å². The van der Waals surface area contributed by atoms with Gasteiger partial charge in [0.2, 0.25) is 0 Å². The first-order chi connectivity index (χ1) is 16.9. The number of methoxy groups -OCH3 is 1. The number of aromatic nitrogens is 1. The van der Waals surface area contributed by atoms with Gasteiger partial charge in [0.15, 0.2) is 5.13 Å². The number of piperidine rings is 1. The number of ether oxygens (including phenoxy) is 1. The average molecular weight is 537 g/mol. The summed E-state index contributed by atoms with van der Waals surface area (Å²) in [6.07, 6.45) is 5.63. The van der Waals surface area contributed by atoms with Gasteiger partial charge >= 0.3 is 5.97 Å². The van der Waals surface area contributed by atoms with E-state index in [4.69, 9.17) is 16.3 Å². The lowest BCUT2D eigenvalue weighted by molar-refractivity contribution is -0.139. The highest BCUT2D eigenvalue weighted by Gasteiger charge is 2.30. The van der Waals surface area contributed by atoms with Gasteiger partial charge in [-0.1, -0.05) is 22.9 Å². The van der Waals surface area contributed by atoms with Crippen molar-refractivity contribution in [3.63, 3.8) is 0 Å². The summed E-state index contributed by atoms with van der Waals surface area (Å²) in [5.41, 5.74) is 1.97. The fourth-order valence-electron chi connectivity index (χ4n) is 4.97. The van der Waals surface area contributed by atoms with Crippen LogP contribution in [-0.4, -0.2) is 53.5 Å². The third-order valence-corrected chi connectivity index (χ3v) is 9.15. The molecule has 2 atom stereocenters. The molecule has 5 nitrogen and oxygen atoms in total. The van der Waals surface area contributed by atoms with Crippen molar-refractivity contribution >= 4 is 51.6 Å². The highest BCUT2D eigenvalue weighted by molar-refractivity contribution is 8.01. The first-order valence-corrected chi connectivity index (χ1v) is 14.0. The molecule has 3 aromatic rings. The summed E-state index contributed by atoms with van der Waals surface area (Å²) in [6, 6.07) is 9.14. The first-order valence-electron chi connectivity index (χ1n) is 11.9. The minimum absolute atomic E-state index is 0.134. The van der Waals surface area contributed by atoms with Crippen LogP contribution in [0, 0.1) is 17.0 Å². The molecule has 0 amide bonds. The Morgan fingerprint density at radius 3 is 2.94 bits per heavy atom. The molecule has 2 unspecified atom stereocenters. The standard InChI is InChI=1S/C26H30ClFN2O3S2/c1-33-19-5-6-23-21(14-19)20(22(27)15-29-23)4-2-3-17-9-10-30(16-18(17)13-25(31)32)11-12-34-26-8-7-24(28)35-26/h5-8,14-15,17-18H,2-4,9-13,16H2,1H3,(H,31,32). The van der Waals surface area contributed by atoms with Crippen LogP contribution in [0.4, 0.5) is 4.39 Å². The lowest BCUT2D eigenvalue weighted by Crippen LogP contribution is -2.42. The number of rotatable bonds is 11. The monoisotopic (exact) mass is 536 g/mol. The molecule has 1 aliphatic heterocycles. The van der Waals surface area contributed by atoms with Crippen molar-refractivity contribution < 1.29 is 19.0 Å². The highest BCUT2D eigenvalue weighted by Crippen LogP contribution is 2.34. The van der Waals surface area contributed by atoms with E-state index in [1.165, 1.54) is 17.4 Å². The van der Waals surface area contributed by atoms with E-state index in [-0.39, 0.29) is 17.5 Å². The van der Waals surface area contributed by atoms with Crippen LogP contribution in [-0.2, 0) is 11.2 Å². The molecule has 2 aromatic heterocycles. The van der Waals surface area contributed by atoms with Crippen LogP contribution in [0.15, 0.2) is 40.7 Å². The molecular formula is C26H30ClFN2O3S2. The fraction of sp³-hybridized carbons (Fsp3) is 0.462. The van der Waals surface area contributed by atoms with Gasteiger partial charge in [-0.2, -0.15) is 4.39 Å². The number of benzene rings is 1. The third kappa shape index (κ3) is 7.09. The van der Waals surface area contributed by atoms with Crippen LogP contribution in [0.3, 0.4) is 0 Å². The Labute approximate surface area is 218 Å². The van der Waals surface area contributed by atoms with Gasteiger partial charge in [0.25, 0.3) is 0 Å². The number of halogens is 2. The van der Waals surface area contributed by atoms with Crippen molar-refractivity contribution in [3.05, 3.63) is 52.2 Å². The smallest absolute Gasteiger partial charge is 0.303 e. The Morgan fingerprint density at radius 2 is 2.20 bits per heavy atom. The predicted molar refractivity (Wildman–Crippen MR) is 142 cm³/mol. The molecule has 35 heavy (non-hydrogen) atoms. The second-order valence-electron chi connectivity index (χ2n) is 8.97. The Morgan fingerprint density at radius 1 is 1.34 bits per heavy atom. The molecule has 1 aromatic carbocycles. The average Bonchev–Trinajstić information content (AvgIpc) is 3.25. The molecule has 3 heterocycles. The summed E-state index contributed by atoms with van der Waals surface area (Å²) in [5.74, 6) is 1.43. The van der Waals surface area contributed by atoms with Gasteiger partial charge in [-0.25, -0.2) is 0 Å². The normalized spacial score (nSPS) is 18.7. The number of pyridine rings is 1. The van der Waals surface area contributed by atoms with Crippen molar-refractivity contribution in [2.75, 3.05) is 32.5 Å². The van der Waals surface area contributed by atoms with E-state index in [1.54, 1.807) is 25.1 Å². The maximum Gasteiger partial charge on any atom is 0.303 e. The van der Waals surface area contributed by atoms with E-state index in [0.717, 1.165) is 77.5 Å². The van der Waals surface area contributed by atoms with Crippen LogP contribution in [0.2, 0.25) is 5.02 Å². The van der Waals surface area contributed by atoms with Gasteiger partial charge in [-0.05, 0) is 80.0 Å². The van der Waals surface area contributed by atoms with Gasteiger partial charge in [-0.15, -0.1) is 11.8 Å². The van der Waals surface area contributed by atoms with E-state index in [9.17, 15) is 14.3 Å². The van der Waals surface area contributed by atoms with Crippen molar-refractivity contribution in [2.45, 2.75) is 36.3 Å². The quantitative estimate of drug-likeness (QED) is 0.278. The molecular weight excluding hydrogens is 507 g/mol. The van der Waals surface area contributed by atoms with E-state index < -0.39 is 5.97 Å². The van der Waals surface area contributed by atoms with Crippen molar-refractivity contribution in [2.24, 2.45) is 11.8 Å². The van der Waals surface area contributed by atoms with Gasteiger partial charge < -0.3 is 14.7 Å². The molecule has 188 valence electrons. The molecule has 0 aliphatic carbocycles. The number of carbonyl (C=O) groups is 1. The summed E-state index contributed by atoms with van der Waals surface area (Å²) < 4.78 is 19.6. The molecule has 4 rings (SSSR count). The minimum Gasteiger partial charge on any atom is -0.497 e. The summed E-state index contributed by atoms with van der Waals surface area (Å²) in [7, 11) is 1.65. The Bertz CT molecular complexity index is 1160. The van der Waals surface area contributed by atoms with Gasteiger partial charge in [0.05, 0.1) is 21.9 Å². The zero-order chi connectivity index (χ0) is 24.8. The number of nitrogens with zero attached hydrogens (tertiary/aromatic N) is 2. The Hall–Kier alpha value is -1.87. The summed E-state index contributed by atoms with van der Waals surface area (Å²) >= 11 is 9.36. The SMILES string of the molecule is COc1ccc2ncc(Cl)c(CCCC3CCN(CCSc4ccc(F)s4)CC3CC(=O)O)c2c1.